The molecule has 0 rings (SSSR count). The van der Waals surface area contributed by atoms with E-state index in [1.54, 1.807) is 0 Å². The lowest BCUT2D eigenvalue weighted by molar-refractivity contribution is -0.161. The largest absolute Gasteiger partial charge is 0.472 e. The molecular formula is C80H156O17P2. The number of esters is 4. The second kappa shape index (κ2) is 71.7. The maximum atomic E-state index is 13.1. The molecule has 0 saturated heterocycles. The van der Waals surface area contributed by atoms with Crippen LogP contribution in [0.1, 0.15) is 420 Å². The molecule has 0 aliphatic carbocycles. The maximum Gasteiger partial charge on any atom is 0.472 e. The molecule has 19 heteroatoms. The maximum absolute atomic E-state index is 13.1. The zero-order chi connectivity index (χ0) is 72.8. The van der Waals surface area contributed by atoms with Crippen LogP contribution in [0.3, 0.4) is 0 Å². The highest BCUT2D eigenvalue weighted by atomic mass is 31.2. The third kappa shape index (κ3) is 72.8. The predicted molar refractivity (Wildman–Crippen MR) is 405 cm³/mol. The fraction of sp³-hybridized carbons (Fsp3) is 0.950. The molecule has 0 bridgehead atoms. The summed E-state index contributed by atoms with van der Waals surface area (Å²) in [5, 5.41) is 10.6. The van der Waals surface area contributed by atoms with E-state index in [0.717, 1.165) is 108 Å². The molecule has 99 heavy (non-hydrogen) atoms. The van der Waals surface area contributed by atoms with Gasteiger partial charge < -0.3 is 33.8 Å². The van der Waals surface area contributed by atoms with Gasteiger partial charge in [-0.05, 0) is 37.5 Å². The van der Waals surface area contributed by atoms with Crippen LogP contribution in [0, 0.1) is 11.8 Å². The van der Waals surface area contributed by atoms with Crippen LogP contribution in [0.15, 0.2) is 0 Å². The number of hydrogen-bond donors (Lipinski definition) is 3. The minimum absolute atomic E-state index is 0.106. The molecule has 0 radical (unpaired) electrons. The molecule has 17 nitrogen and oxygen atoms in total. The van der Waals surface area contributed by atoms with Crippen LogP contribution in [-0.4, -0.2) is 96.7 Å². The molecule has 0 saturated carbocycles. The first kappa shape index (κ1) is 97.1. The molecule has 588 valence electrons. The average molecular weight is 1450 g/mol. The lowest BCUT2D eigenvalue weighted by Gasteiger charge is -2.21. The summed E-state index contributed by atoms with van der Waals surface area (Å²) in [7, 11) is -9.91. The quantitative estimate of drug-likeness (QED) is 0.0222. The zero-order valence-electron chi connectivity index (χ0n) is 64.8. The molecule has 0 heterocycles. The van der Waals surface area contributed by atoms with Gasteiger partial charge in [0.2, 0.25) is 0 Å². The number of unbranched alkanes of at least 4 members (excludes halogenated alkanes) is 48. The second-order valence-electron chi connectivity index (χ2n) is 29.5. The highest BCUT2D eigenvalue weighted by molar-refractivity contribution is 7.47. The Hall–Kier alpha value is -1.94. The van der Waals surface area contributed by atoms with Gasteiger partial charge in [0.15, 0.2) is 12.2 Å². The Morgan fingerprint density at radius 2 is 0.515 bits per heavy atom. The predicted octanol–water partition coefficient (Wildman–Crippen LogP) is 23.9. The van der Waals surface area contributed by atoms with Crippen LogP contribution in [-0.2, 0) is 65.4 Å². The highest BCUT2D eigenvalue weighted by Crippen LogP contribution is 2.45. The van der Waals surface area contributed by atoms with Gasteiger partial charge in [0.25, 0.3) is 0 Å². The molecule has 0 aromatic carbocycles. The minimum Gasteiger partial charge on any atom is -0.462 e. The summed E-state index contributed by atoms with van der Waals surface area (Å²) in [6.07, 6.45) is 61.1. The smallest absolute Gasteiger partial charge is 0.462 e. The number of hydrogen-bond acceptors (Lipinski definition) is 15. The van der Waals surface area contributed by atoms with Crippen molar-refractivity contribution < 1.29 is 80.2 Å². The first-order valence-electron chi connectivity index (χ1n) is 41.5. The first-order valence-corrected chi connectivity index (χ1v) is 44.5. The Balaban J connectivity index is 5.21. The Bertz CT molecular complexity index is 1910. The standard InChI is InChI=1S/C80H156O17P2/c1-7-10-12-14-16-18-19-20-21-22-23-24-25-30-35-40-46-52-58-64-79(84)97-76(69-91-78(83)63-57-51-45-39-34-29-27-26-28-33-38-43-49-55-61-73(6)9-3)71-95-99(88,89)93-67-74(81)66-92-98(86,87)94-70-75(68-90-77(82)62-56-50-44-17-15-13-11-8-2)96-80(85)65-59-53-47-41-36-31-32-37-42-48-54-60-72(4)5/h72-76,81H,7-71H2,1-6H3,(H,86,87)(H,88,89)/t73?,74-,75+,76+/m0/s1. The van der Waals surface area contributed by atoms with Crippen molar-refractivity contribution in [3.05, 3.63) is 0 Å². The highest BCUT2D eigenvalue weighted by Gasteiger charge is 2.30. The van der Waals surface area contributed by atoms with Crippen LogP contribution in [0.5, 0.6) is 0 Å². The molecule has 0 aliphatic rings. The molecule has 3 N–H and O–H groups in total. The lowest BCUT2D eigenvalue weighted by Crippen LogP contribution is -2.30. The van der Waals surface area contributed by atoms with E-state index >= 15 is 0 Å². The Morgan fingerprint density at radius 3 is 0.768 bits per heavy atom. The number of aliphatic hydroxyl groups is 1. The molecule has 3 unspecified atom stereocenters. The third-order valence-corrected chi connectivity index (χ3v) is 21.0. The topological polar surface area (TPSA) is 237 Å². The van der Waals surface area contributed by atoms with Gasteiger partial charge in [-0.3, -0.25) is 37.3 Å². The fourth-order valence-electron chi connectivity index (χ4n) is 12.3. The van der Waals surface area contributed by atoms with Gasteiger partial charge >= 0.3 is 39.5 Å². The summed E-state index contributed by atoms with van der Waals surface area (Å²) < 4.78 is 68.6. The van der Waals surface area contributed by atoms with Crippen molar-refractivity contribution in [1.29, 1.82) is 0 Å². The SMILES string of the molecule is CCCCCCCCCCCCCCCCCCCCCC(=O)O[C@H](COC(=O)CCCCCCCCCCCCCCCCC(C)CC)COP(=O)(O)OC[C@@H](O)COP(=O)(O)OC[C@@H](COC(=O)CCCCCCCCCC)OC(=O)CCCCCCCCCCCCCC(C)C. The first-order chi connectivity index (χ1) is 47.9. The fourth-order valence-corrected chi connectivity index (χ4v) is 13.9. The second-order valence-corrected chi connectivity index (χ2v) is 32.4. The summed E-state index contributed by atoms with van der Waals surface area (Å²) in [4.78, 5) is 72.9. The summed E-state index contributed by atoms with van der Waals surface area (Å²) in [6, 6.07) is 0. The normalized spacial score (nSPS) is 14.2. The molecule has 0 spiro atoms. The van der Waals surface area contributed by atoms with Crippen molar-refractivity contribution in [1.82, 2.24) is 0 Å². The van der Waals surface area contributed by atoms with Crippen molar-refractivity contribution in [2.45, 2.75) is 439 Å². The van der Waals surface area contributed by atoms with Gasteiger partial charge in [-0.1, -0.05) is 369 Å². The van der Waals surface area contributed by atoms with Gasteiger partial charge in [-0.25, -0.2) is 9.13 Å². The van der Waals surface area contributed by atoms with Crippen molar-refractivity contribution in [3.63, 3.8) is 0 Å². The monoisotopic (exact) mass is 1450 g/mol. The molecule has 0 amide bonds. The molecular weight excluding hydrogens is 1290 g/mol. The average Bonchev–Trinajstić information content (AvgIpc) is 1.16. The van der Waals surface area contributed by atoms with Gasteiger partial charge in [-0.2, -0.15) is 0 Å². The molecule has 0 aromatic rings. The Morgan fingerprint density at radius 1 is 0.293 bits per heavy atom. The van der Waals surface area contributed by atoms with E-state index in [-0.39, 0.29) is 25.7 Å². The number of ether oxygens (including phenoxy) is 4. The molecule has 0 aliphatic heterocycles. The number of carbonyl (C=O) groups is 4. The van der Waals surface area contributed by atoms with Gasteiger partial charge in [-0.15, -0.1) is 0 Å². The van der Waals surface area contributed by atoms with E-state index in [4.69, 9.17) is 37.0 Å². The number of rotatable bonds is 79. The Labute approximate surface area is 607 Å². The van der Waals surface area contributed by atoms with Crippen molar-refractivity contribution in [3.8, 4) is 0 Å². The van der Waals surface area contributed by atoms with Crippen molar-refractivity contribution in [2.75, 3.05) is 39.6 Å². The zero-order valence-corrected chi connectivity index (χ0v) is 66.6. The van der Waals surface area contributed by atoms with E-state index in [9.17, 15) is 43.2 Å². The van der Waals surface area contributed by atoms with Gasteiger partial charge in [0.05, 0.1) is 26.4 Å². The van der Waals surface area contributed by atoms with E-state index in [2.05, 4.69) is 41.5 Å². The summed E-state index contributed by atoms with van der Waals surface area (Å²) in [5.41, 5.74) is 0. The van der Waals surface area contributed by atoms with E-state index in [1.807, 2.05) is 0 Å². The van der Waals surface area contributed by atoms with Gasteiger partial charge in [0, 0.05) is 25.7 Å². The van der Waals surface area contributed by atoms with Crippen molar-refractivity contribution >= 4 is 39.5 Å². The summed E-state index contributed by atoms with van der Waals surface area (Å²) in [6.45, 7) is 9.66. The summed E-state index contributed by atoms with van der Waals surface area (Å²) >= 11 is 0. The number of aliphatic hydroxyl groups excluding tert-OH is 1. The van der Waals surface area contributed by atoms with E-state index in [0.29, 0.717) is 25.7 Å². The Kier molecular flexibility index (Phi) is 70.3. The van der Waals surface area contributed by atoms with E-state index in [1.165, 1.54) is 231 Å². The third-order valence-electron chi connectivity index (χ3n) is 19.1. The minimum atomic E-state index is -4.96. The number of carbonyl (C=O) groups excluding carboxylic acids is 4. The lowest BCUT2D eigenvalue weighted by atomic mass is 9.99. The van der Waals surface area contributed by atoms with Gasteiger partial charge in [0.1, 0.15) is 19.3 Å². The molecule has 6 atom stereocenters. The number of phosphoric ester groups is 2. The molecule has 0 aromatic heterocycles. The van der Waals surface area contributed by atoms with E-state index < -0.39 is 97.5 Å². The van der Waals surface area contributed by atoms with Crippen LogP contribution in [0.2, 0.25) is 0 Å². The van der Waals surface area contributed by atoms with Crippen LogP contribution < -0.4 is 0 Å². The van der Waals surface area contributed by atoms with Crippen LogP contribution >= 0.6 is 15.6 Å². The number of phosphoric acid groups is 2. The molecule has 0 fully saturated rings. The van der Waals surface area contributed by atoms with Crippen LogP contribution in [0.4, 0.5) is 0 Å². The van der Waals surface area contributed by atoms with Crippen LogP contribution in [0.25, 0.3) is 0 Å². The van der Waals surface area contributed by atoms with Crippen molar-refractivity contribution in [2.24, 2.45) is 11.8 Å². The summed E-state index contributed by atoms with van der Waals surface area (Å²) in [5.74, 6) is -0.497.